The van der Waals surface area contributed by atoms with Gasteiger partial charge in [0.15, 0.2) is 0 Å². The summed E-state index contributed by atoms with van der Waals surface area (Å²) in [6.45, 7) is 1.48. The molecule has 0 fully saturated rings. The summed E-state index contributed by atoms with van der Waals surface area (Å²) in [5.74, 6) is -0.989. The van der Waals surface area contributed by atoms with E-state index in [0.29, 0.717) is 0 Å². The lowest BCUT2D eigenvalue weighted by Crippen LogP contribution is -2.16. The van der Waals surface area contributed by atoms with Crippen LogP contribution < -0.4 is 0 Å². The van der Waals surface area contributed by atoms with Crippen molar-refractivity contribution in [2.75, 3.05) is 0 Å². The lowest BCUT2D eigenvalue weighted by molar-refractivity contribution is -0.140. The van der Waals surface area contributed by atoms with Crippen molar-refractivity contribution < 1.29 is 9.90 Å². The van der Waals surface area contributed by atoms with Gasteiger partial charge in [0, 0.05) is 0 Å². The van der Waals surface area contributed by atoms with Gasteiger partial charge in [-0.3, -0.25) is 0 Å². The Morgan fingerprint density at radius 1 is 1.91 bits per heavy atom. The quantitative estimate of drug-likeness (QED) is 0.714. The summed E-state index contributed by atoms with van der Waals surface area (Å²) in [4.78, 5) is 14.0. The molecule has 0 aliphatic heterocycles. The molecule has 1 N–H and O–H groups in total. The van der Waals surface area contributed by atoms with Crippen LogP contribution in [0.25, 0.3) is 0 Å². The second-order valence-electron chi connectivity index (χ2n) is 1.99. The average molecular weight is 176 g/mol. The molecule has 0 bridgehead atoms. The van der Waals surface area contributed by atoms with Crippen LogP contribution in [0.15, 0.2) is 6.33 Å². The molecule has 0 aliphatic carbocycles. The summed E-state index contributed by atoms with van der Waals surface area (Å²) in [6.07, 6.45) is 1.21. The van der Waals surface area contributed by atoms with Crippen molar-refractivity contribution in [3.05, 3.63) is 11.6 Å². The van der Waals surface area contributed by atoms with Crippen LogP contribution in [0.2, 0.25) is 5.28 Å². The topological polar surface area (TPSA) is 68.0 Å². The van der Waals surface area contributed by atoms with E-state index in [1.165, 1.54) is 13.3 Å². The largest absolute Gasteiger partial charge is 0.480 e. The van der Waals surface area contributed by atoms with E-state index in [4.69, 9.17) is 16.7 Å². The summed E-state index contributed by atoms with van der Waals surface area (Å²) in [7, 11) is 0. The predicted molar refractivity (Wildman–Crippen MR) is 37.4 cm³/mol. The molecule has 0 spiro atoms. The van der Waals surface area contributed by atoms with Gasteiger partial charge in [-0.15, -0.1) is 0 Å². The molecule has 1 atom stereocenters. The number of hydrogen-bond acceptors (Lipinski definition) is 3. The van der Waals surface area contributed by atoms with E-state index in [-0.39, 0.29) is 5.28 Å². The molecule has 1 heterocycles. The van der Waals surface area contributed by atoms with Crippen LogP contribution >= 0.6 is 11.6 Å². The third kappa shape index (κ3) is 1.48. The van der Waals surface area contributed by atoms with Crippen LogP contribution in [-0.4, -0.2) is 25.8 Å². The van der Waals surface area contributed by atoms with Crippen molar-refractivity contribution in [3.63, 3.8) is 0 Å². The molecule has 60 valence electrons. The summed E-state index contributed by atoms with van der Waals surface area (Å²) in [5.41, 5.74) is 0. The highest BCUT2D eigenvalue weighted by molar-refractivity contribution is 6.28. The lowest BCUT2D eigenvalue weighted by atomic mass is 10.4. The SMILES string of the molecule is C[C@@H](C(=O)O)n1ncnc1Cl. The van der Waals surface area contributed by atoms with Gasteiger partial charge in [-0.25, -0.2) is 14.5 Å². The molecule has 6 heteroatoms. The number of halogens is 1. The molecule has 0 unspecified atom stereocenters. The van der Waals surface area contributed by atoms with E-state index >= 15 is 0 Å². The maximum atomic E-state index is 10.4. The zero-order chi connectivity index (χ0) is 8.43. The Kier molecular flexibility index (Phi) is 2.09. The molecule has 0 saturated carbocycles. The van der Waals surface area contributed by atoms with Gasteiger partial charge in [-0.1, -0.05) is 0 Å². The average Bonchev–Trinajstić information content (AvgIpc) is 2.33. The Morgan fingerprint density at radius 2 is 2.55 bits per heavy atom. The maximum Gasteiger partial charge on any atom is 0.328 e. The number of rotatable bonds is 2. The van der Waals surface area contributed by atoms with E-state index in [2.05, 4.69) is 10.1 Å². The highest BCUT2D eigenvalue weighted by Crippen LogP contribution is 2.10. The second-order valence-corrected chi connectivity index (χ2v) is 2.33. The van der Waals surface area contributed by atoms with Gasteiger partial charge in [0.2, 0.25) is 5.28 Å². The molecule has 0 radical (unpaired) electrons. The number of carbonyl (C=O) groups is 1. The minimum Gasteiger partial charge on any atom is -0.480 e. The predicted octanol–water partition coefficient (Wildman–Crippen LogP) is 0.577. The van der Waals surface area contributed by atoms with Gasteiger partial charge < -0.3 is 5.11 Å². The highest BCUT2D eigenvalue weighted by Gasteiger charge is 2.16. The van der Waals surface area contributed by atoms with Crippen molar-refractivity contribution in [2.24, 2.45) is 0 Å². The first-order chi connectivity index (χ1) is 5.13. The minimum absolute atomic E-state index is 0.0832. The van der Waals surface area contributed by atoms with Crippen LogP contribution in [0.3, 0.4) is 0 Å². The molecular formula is C5H6ClN3O2. The number of hydrogen-bond donors (Lipinski definition) is 1. The van der Waals surface area contributed by atoms with E-state index < -0.39 is 12.0 Å². The zero-order valence-electron chi connectivity index (χ0n) is 5.73. The Hall–Kier alpha value is -1.10. The molecular weight excluding hydrogens is 170 g/mol. The lowest BCUT2D eigenvalue weighted by Gasteiger charge is -2.05. The van der Waals surface area contributed by atoms with Crippen molar-refractivity contribution in [1.29, 1.82) is 0 Å². The summed E-state index contributed by atoms with van der Waals surface area (Å²) in [5, 5.41) is 12.2. The second kappa shape index (κ2) is 2.87. The number of carboxylic acid groups (broad SMARTS) is 1. The van der Waals surface area contributed by atoms with Crippen LogP contribution in [-0.2, 0) is 4.79 Å². The van der Waals surface area contributed by atoms with Crippen molar-refractivity contribution in [1.82, 2.24) is 14.8 Å². The van der Waals surface area contributed by atoms with Gasteiger partial charge in [-0.05, 0) is 18.5 Å². The molecule has 1 aromatic rings. The monoisotopic (exact) mass is 175 g/mol. The molecule has 1 rings (SSSR count). The molecule has 0 amide bonds. The fraction of sp³-hybridized carbons (Fsp3) is 0.400. The fourth-order valence-corrected chi connectivity index (χ4v) is 0.834. The van der Waals surface area contributed by atoms with Crippen molar-refractivity contribution in [2.45, 2.75) is 13.0 Å². The van der Waals surface area contributed by atoms with Crippen LogP contribution in [0.4, 0.5) is 0 Å². The molecule has 5 nitrogen and oxygen atoms in total. The summed E-state index contributed by atoms with van der Waals surface area (Å²) < 4.78 is 1.13. The van der Waals surface area contributed by atoms with Crippen molar-refractivity contribution >= 4 is 17.6 Å². The highest BCUT2D eigenvalue weighted by atomic mass is 35.5. The van der Waals surface area contributed by atoms with Crippen LogP contribution in [0, 0.1) is 0 Å². The molecule has 0 saturated heterocycles. The first-order valence-corrected chi connectivity index (χ1v) is 3.28. The zero-order valence-corrected chi connectivity index (χ0v) is 6.49. The number of aliphatic carboxylic acids is 1. The normalized spacial score (nSPS) is 12.9. The Morgan fingerprint density at radius 3 is 2.91 bits per heavy atom. The number of nitrogens with zero attached hydrogens (tertiary/aromatic N) is 3. The van der Waals surface area contributed by atoms with E-state index in [9.17, 15) is 4.79 Å². The third-order valence-electron chi connectivity index (χ3n) is 1.25. The fourth-order valence-electron chi connectivity index (χ4n) is 0.600. The van der Waals surface area contributed by atoms with Crippen molar-refractivity contribution in [3.8, 4) is 0 Å². The molecule has 0 aromatic carbocycles. The van der Waals surface area contributed by atoms with Gasteiger partial charge in [0.25, 0.3) is 0 Å². The standard InChI is InChI=1S/C5H6ClN3O2/c1-3(4(10)11)9-5(6)7-2-8-9/h2-3H,1H3,(H,10,11)/t3-/m0/s1. The van der Waals surface area contributed by atoms with Crippen LogP contribution in [0.1, 0.15) is 13.0 Å². The number of carboxylic acids is 1. The maximum absolute atomic E-state index is 10.4. The van der Waals surface area contributed by atoms with Gasteiger partial charge >= 0.3 is 5.97 Å². The van der Waals surface area contributed by atoms with Gasteiger partial charge in [0.05, 0.1) is 0 Å². The molecule has 11 heavy (non-hydrogen) atoms. The smallest absolute Gasteiger partial charge is 0.328 e. The first kappa shape index (κ1) is 8.00. The minimum atomic E-state index is -0.989. The van der Waals surface area contributed by atoms with Gasteiger partial charge in [0.1, 0.15) is 12.4 Å². The Bertz CT molecular complexity index is 272. The Balaban J connectivity index is 2.92. The molecule has 1 aromatic heterocycles. The van der Waals surface area contributed by atoms with E-state index in [0.717, 1.165) is 4.68 Å². The van der Waals surface area contributed by atoms with Gasteiger partial charge in [-0.2, -0.15) is 5.10 Å². The first-order valence-electron chi connectivity index (χ1n) is 2.90. The molecule has 0 aliphatic rings. The van der Waals surface area contributed by atoms with E-state index in [1.54, 1.807) is 0 Å². The van der Waals surface area contributed by atoms with E-state index in [1.807, 2.05) is 0 Å². The third-order valence-corrected chi connectivity index (χ3v) is 1.52. The Labute approximate surface area is 67.6 Å². The summed E-state index contributed by atoms with van der Waals surface area (Å²) in [6, 6.07) is -0.773. The summed E-state index contributed by atoms with van der Waals surface area (Å²) >= 11 is 5.50. The van der Waals surface area contributed by atoms with Crippen LogP contribution in [0.5, 0.6) is 0 Å². The number of aromatic nitrogens is 3.